The van der Waals surface area contributed by atoms with Gasteiger partial charge in [-0.05, 0) is 58.1 Å². The highest BCUT2D eigenvalue weighted by Crippen LogP contribution is 2.23. The van der Waals surface area contributed by atoms with Crippen LogP contribution >= 0.6 is 0 Å². The number of hydrogen-bond acceptors (Lipinski definition) is 3. The van der Waals surface area contributed by atoms with E-state index in [2.05, 4.69) is 0 Å². The molecule has 0 radical (unpaired) electrons. The third kappa shape index (κ3) is 5.65. The lowest BCUT2D eigenvalue weighted by atomic mass is 9.94. The van der Waals surface area contributed by atoms with Crippen molar-refractivity contribution >= 4 is 6.09 Å². The quantitative estimate of drug-likeness (QED) is 0.816. The fourth-order valence-corrected chi connectivity index (χ4v) is 2.64. The van der Waals surface area contributed by atoms with Crippen LogP contribution in [0.5, 0.6) is 5.75 Å². The van der Waals surface area contributed by atoms with Crippen molar-refractivity contribution in [3.63, 3.8) is 0 Å². The summed E-state index contributed by atoms with van der Waals surface area (Å²) >= 11 is 0. The molecule has 1 amide bonds. The first kappa shape index (κ1) is 18.5. The molecule has 4 nitrogen and oxygen atoms in total. The van der Waals surface area contributed by atoms with Gasteiger partial charge in [-0.15, -0.1) is 0 Å². The van der Waals surface area contributed by atoms with Gasteiger partial charge in [0.05, 0.1) is 6.61 Å². The molecule has 0 saturated carbocycles. The van der Waals surface area contributed by atoms with Crippen LogP contribution in [0.3, 0.4) is 0 Å². The molecule has 24 heavy (non-hydrogen) atoms. The van der Waals surface area contributed by atoms with E-state index in [1.165, 1.54) is 6.07 Å². The van der Waals surface area contributed by atoms with Gasteiger partial charge in [-0.2, -0.15) is 0 Å². The van der Waals surface area contributed by atoms with Crippen molar-refractivity contribution in [2.45, 2.75) is 45.6 Å². The maximum absolute atomic E-state index is 13.1. The second-order valence-corrected chi connectivity index (χ2v) is 7.12. The van der Waals surface area contributed by atoms with Gasteiger partial charge in [0, 0.05) is 19.2 Å². The van der Waals surface area contributed by atoms with Crippen LogP contribution in [0.4, 0.5) is 13.6 Å². The molecule has 1 aliphatic heterocycles. The summed E-state index contributed by atoms with van der Waals surface area (Å²) in [6, 6.07) is 3.54. The van der Waals surface area contributed by atoms with E-state index < -0.39 is 17.2 Å². The first-order valence-corrected chi connectivity index (χ1v) is 8.30. The number of carbonyl (C=O) groups excluding carboxylic acids is 1. The Bertz CT molecular complexity index is 564. The lowest BCUT2D eigenvalue weighted by Gasteiger charge is -2.33. The van der Waals surface area contributed by atoms with E-state index in [9.17, 15) is 13.6 Å². The van der Waals surface area contributed by atoms with Crippen LogP contribution in [0, 0.1) is 17.6 Å². The Morgan fingerprint density at radius 1 is 1.21 bits per heavy atom. The van der Waals surface area contributed by atoms with Gasteiger partial charge in [-0.3, -0.25) is 0 Å². The SMILES string of the molecule is CC(C)(C)OC(=O)N1CCC(CCOc2ccc(F)c(F)c2)CC1. The van der Waals surface area contributed by atoms with Crippen molar-refractivity contribution in [1.29, 1.82) is 0 Å². The standard InChI is InChI=1S/C18H25F2NO3/c1-18(2,3)24-17(22)21-9-6-13(7-10-21)8-11-23-14-4-5-15(19)16(20)12-14/h4-5,12-13H,6-11H2,1-3H3. The van der Waals surface area contributed by atoms with Crippen LogP contribution in [-0.2, 0) is 4.74 Å². The summed E-state index contributed by atoms with van der Waals surface area (Å²) in [7, 11) is 0. The number of nitrogens with zero attached hydrogens (tertiary/aromatic N) is 1. The van der Waals surface area contributed by atoms with Gasteiger partial charge in [0.1, 0.15) is 11.4 Å². The average Bonchev–Trinajstić information content (AvgIpc) is 2.50. The van der Waals surface area contributed by atoms with Gasteiger partial charge in [-0.1, -0.05) is 0 Å². The lowest BCUT2D eigenvalue weighted by molar-refractivity contribution is 0.0177. The first-order chi connectivity index (χ1) is 11.2. The van der Waals surface area contributed by atoms with Crippen molar-refractivity contribution in [3.05, 3.63) is 29.8 Å². The minimum Gasteiger partial charge on any atom is -0.493 e. The number of halogens is 2. The predicted molar refractivity (Wildman–Crippen MR) is 87.0 cm³/mol. The number of likely N-dealkylation sites (tertiary alicyclic amines) is 1. The van der Waals surface area contributed by atoms with E-state index in [1.807, 2.05) is 20.8 Å². The highest BCUT2D eigenvalue weighted by atomic mass is 19.2. The Labute approximate surface area is 141 Å². The molecule has 1 aliphatic rings. The van der Waals surface area contributed by atoms with E-state index in [-0.39, 0.29) is 6.09 Å². The van der Waals surface area contributed by atoms with Crippen molar-refractivity contribution in [3.8, 4) is 5.75 Å². The number of piperidine rings is 1. The number of rotatable bonds is 4. The third-order valence-corrected chi connectivity index (χ3v) is 3.95. The largest absolute Gasteiger partial charge is 0.493 e. The Morgan fingerprint density at radius 3 is 2.46 bits per heavy atom. The third-order valence-electron chi connectivity index (χ3n) is 3.95. The lowest BCUT2D eigenvalue weighted by Crippen LogP contribution is -2.41. The van der Waals surface area contributed by atoms with E-state index in [4.69, 9.17) is 9.47 Å². The molecule has 0 aliphatic carbocycles. The van der Waals surface area contributed by atoms with Crippen molar-refractivity contribution < 1.29 is 23.0 Å². The molecule has 1 aromatic rings. The van der Waals surface area contributed by atoms with E-state index in [0.717, 1.165) is 31.4 Å². The number of benzene rings is 1. The Morgan fingerprint density at radius 2 is 1.88 bits per heavy atom. The molecule has 134 valence electrons. The second kappa shape index (κ2) is 7.81. The Hall–Kier alpha value is -1.85. The summed E-state index contributed by atoms with van der Waals surface area (Å²) in [6.07, 6.45) is 2.33. The summed E-state index contributed by atoms with van der Waals surface area (Å²) < 4.78 is 36.8. The molecule has 2 rings (SSSR count). The molecule has 0 unspecified atom stereocenters. The molecule has 1 saturated heterocycles. The zero-order chi connectivity index (χ0) is 17.7. The predicted octanol–water partition coefficient (Wildman–Crippen LogP) is 4.38. The fraction of sp³-hybridized carbons (Fsp3) is 0.611. The first-order valence-electron chi connectivity index (χ1n) is 8.30. The molecular weight excluding hydrogens is 316 g/mol. The molecule has 1 aromatic carbocycles. The van der Waals surface area contributed by atoms with Crippen molar-refractivity contribution in [1.82, 2.24) is 4.90 Å². The zero-order valence-electron chi connectivity index (χ0n) is 14.5. The molecule has 0 bridgehead atoms. The smallest absolute Gasteiger partial charge is 0.410 e. The van der Waals surface area contributed by atoms with Crippen molar-refractivity contribution in [2.75, 3.05) is 19.7 Å². The number of amides is 1. The maximum atomic E-state index is 13.1. The van der Waals surface area contributed by atoms with Gasteiger partial charge < -0.3 is 14.4 Å². The second-order valence-electron chi connectivity index (χ2n) is 7.12. The molecule has 1 heterocycles. The highest BCUT2D eigenvalue weighted by Gasteiger charge is 2.26. The van der Waals surface area contributed by atoms with Gasteiger partial charge in [-0.25, -0.2) is 13.6 Å². The normalized spacial score (nSPS) is 16.1. The minimum atomic E-state index is -0.904. The summed E-state index contributed by atoms with van der Waals surface area (Å²) in [5, 5.41) is 0. The van der Waals surface area contributed by atoms with Gasteiger partial charge in [0.15, 0.2) is 11.6 Å². The van der Waals surface area contributed by atoms with Crippen LogP contribution in [0.1, 0.15) is 40.0 Å². The van der Waals surface area contributed by atoms with Crippen molar-refractivity contribution in [2.24, 2.45) is 5.92 Å². The van der Waals surface area contributed by atoms with E-state index in [1.54, 1.807) is 4.90 Å². The van der Waals surface area contributed by atoms with Crippen LogP contribution in [0.2, 0.25) is 0 Å². The molecule has 6 heteroatoms. The van der Waals surface area contributed by atoms with Gasteiger partial charge >= 0.3 is 6.09 Å². The highest BCUT2D eigenvalue weighted by molar-refractivity contribution is 5.68. The number of hydrogen-bond donors (Lipinski definition) is 0. The van der Waals surface area contributed by atoms with E-state index in [0.29, 0.717) is 31.4 Å². The topological polar surface area (TPSA) is 38.8 Å². The maximum Gasteiger partial charge on any atom is 0.410 e. The molecule has 0 spiro atoms. The molecule has 0 N–H and O–H groups in total. The Balaban J connectivity index is 1.69. The summed E-state index contributed by atoms with van der Waals surface area (Å²) in [5.41, 5.74) is -0.480. The van der Waals surface area contributed by atoms with Gasteiger partial charge in [0.25, 0.3) is 0 Å². The Kier molecular flexibility index (Phi) is 6.02. The van der Waals surface area contributed by atoms with Gasteiger partial charge in [0.2, 0.25) is 0 Å². The summed E-state index contributed by atoms with van der Waals surface area (Å²) in [4.78, 5) is 13.7. The zero-order valence-corrected chi connectivity index (χ0v) is 14.5. The van der Waals surface area contributed by atoms with E-state index >= 15 is 0 Å². The van der Waals surface area contributed by atoms with Crippen LogP contribution in [0.15, 0.2) is 18.2 Å². The van der Waals surface area contributed by atoms with Crippen LogP contribution < -0.4 is 4.74 Å². The molecule has 0 aromatic heterocycles. The molecule has 0 atom stereocenters. The average molecular weight is 341 g/mol. The molecule has 1 fully saturated rings. The minimum absolute atomic E-state index is 0.265. The van der Waals surface area contributed by atoms with Crippen LogP contribution in [-0.4, -0.2) is 36.3 Å². The molecular formula is C18H25F2NO3. The van der Waals surface area contributed by atoms with Crippen LogP contribution in [0.25, 0.3) is 0 Å². The number of carbonyl (C=O) groups is 1. The fourth-order valence-electron chi connectivity index (χ4n) is 2.64. The summed E-state index contributed by atoms with van der Waals surface area (Å²) in [5.74, 6) is -0.996. The number of ether oxygens (including phenoxy) is 2. The monoisotopic (exact) mass is 341 g/mol. The summed E-state index contributed by atoms with van der Waals surface area (Å²) in [6.45, 7) is 7.35.